The third kappa shape index (κ3) is 3.05. The lowest BCUT2D eigenvalue weighted by atomic mass is 10.2. The van der Waals surface area contributed by atoms with Gasteiger partial charge in [-0.05, 0) is 31.5 Å². The van der Waals surface area contributed by atoms with E-state index < -0.39 is 0 Å². The van der Waals surface area contributed by atoms with E-state index in [2.05, 4.69) is 10.1 Å². The van der Waals surface area contributed by atoms with E-state index in [0.717, 1.165) is 6.42 Å². The van der Waals surface area contributed by atoms with Gasteiger partial charge in [0, 0.05) is 12.3 Å². The largest absolute Gasteiger partial charge is 0.399 e. The topological polar surface area (TPSA) is 74.2 Å². The number of ether oxygens (including phenoxy) is 1. The summed E-state index contributed by atoms with van der Waals surface area (Å²) in [5.74, 6) is 0.878. The van der Waals surface area contributed by atoms with E-state index in [9.17, 15) is 0 Å². The SMILES string of the molecule is CCOC(CC)c1noc(-c2cc(N)ccc2Cl)n1. The van der Waals surface area contributed by atoms with Crippen molar-refractivity contribution in [3.63, 3.8) is 0 Å². The molecule has 1 aromatic carbocycles. The number of nitrogen functional groups attached to an aromatic ring is 1. The minimum Gasteiger partial charge on any atom is -0.399 e. The highest BCUT2D eigenvalue weighted by atomic mass is 35.5. The number of halogens is 1. The molecule has 2 aromatic rings. The average molecular weight is 282 g/mol. The van der Waals surface area contributed by atoms with Crippen LogP contribution in [0.3, 0.4) is 0 Å². The summed E-state index contributed by atoms with van der Waals surface area (Å²) in [4.78, 5) is 4.33. The van der Waals surface area contributed by atoms with Crippen LogP contribution >= 0.6 is 11.6 Å². The molecule has 0 fully saturated rings. The van der Waals surface area contributed by atoms with Crippen molar-refractivity contribution in [2.24, 2.45) is 0 Å². The Balaban J connectivity index is 2.32. The lowest BCUT2D eigenvalue weighted by molar-refractivity contribution is 0.0518. The number of aromatic nitrogens is 2. The van der Waals surface area contributed by atoms with Crippen molar-refractivity contribution in [2.45, 2.75) is 26.4 Å². The zero-order chi connectivity index (χ0) is 13.8. The Morgan fingerprint density at radius 3 is 2.89 bits per heavy atom. The van der Waals surface area contributed by atoms with Gasteiger partial charge in [-0.15, -0.1) is 0 Å². The molecule has 0 radical (unpaired) electrons. The second kappa shape index (κ2) is 6.04. The van der Waals surface area contributed by atoms with Crippen LogP contribution in [0.15, 0.2) is 22.7 Å². The van der Waals surface area contributed by atoms with Crippen LogP contribution in [0.5, 0.6) is 0 Å². The Kier molecular flexibility index (Phi) is 4.39. The maximum atomic E-state index is 6.10. The number of hydrogen-bond donors (Lipinski definition) is 1. The van der Waals surface area contributed by atoms with Crippen LogP contribution in [0.2, 0.25) is 5.02 Å². The van der Waals surface area contributed by atoms with Crippen LogP contribution in [0.1, 0.15) is 32.2 Å². The highest BCUT2D eigenvalue weighted by molar-refractivity contribution is 6.33. The number of hydrogen-bond acceptors (Lipinski definition) is 5. The van der Waals surface area contributed by atoms with E-state index in [4.69, 9.17) is 26.6 Å². The Bertz CT molecular complexity index is 557. The minimum absolute atomic E-state index is 0.165. The number of nitrogens with zero attached hydrogens (tertiary/aromatic N) is 2. The Morgan fingerprint density at radius 2 is 2.21 bits per heavy atom. The van der Waals surface area contributed by atoms with Crippen molar-refractivity contribution in [1.82, 2.24) is 10.1 Å². The second-order valence-corrected chi connectivity index (χ2v) is 4.46. The highest BCUT2D eigenvalue weighted by Gasteiger charge is 2.19. The van der Waals surface area contributed by atoms with Crippen molar-refractivity contribution >= 4 is 17.3 Å². The molecule has 0 aliphatic heterocycles. The van der Waals surface area contributed by atoms with Crippen molar-refractivity contribution < 1.29 is 9.26 Å². The summed E-state index contributed by atoms with van der Waals surface area (Å²) in [6.45, 7) is 4.53. The number of rotatable bonds is 5. The molecule has 102 valence electrons. The molecule has 0 aliphatic rings. The monoisotopic (exact) mass is 281 g/mol. The third-order valence-electron chi connectivity index (χ3n) is 2.69. The van der Waals surface area contributed by atoms with Crippen molar-refractivity contribution in [3.05, 3.63) is 29.0 Å². The first-order valence-electron chi connectivity index (χ1n) is 6.16. The van der Waals surface area contributed by atoms with Gasteiger partial charge in [-0.25, -0.2) is 0 Å². The molecule has 0 saturated carbocycles. The quantitative estimate of drug-likeness (QED) is 0.850. The third-order valence-corrected chi connectivity index (χ3v) is 3.02. The maximum absolute atomic E-state index is 6.10. The first-order chi connectivity index (χ1) is 9.15. The van der Waals surface area contributed by atoms with Gasteiger partial charge in [0.15, 0.2) is 0 Å². The van der Waals surface area contributed by atoms with Crippen LogP contribution in [-0.4, -0.2) is 16.7 Å². The molecule has 1 unspecified atom stereocenters. The van der Waals surface area contributed by atoms with Crippen LogP contribution in [0, 0.1) is 0 Å². The molecule has 0 bridgehead atoms. The molecule has 5 nitrogen and oxygen atoms in total. The van der Waals surface area contributed by atoms with Gasteiger partial charge < -0.3 is 15.0 Å². The normalized spacial score (nSPS) is 12.6. The zero-order valence-corrected chi connectivity index (χ0v) is 11.6. The molecule has 6 heteroatoms. The van der Waals surface area contributed by atoms with Gasteiger partial charge in [0.05, 0.1) is 10.6 Å². The van der Waals surface area contributed by atoms with E-state index in [0.29, 0.717) is 34.6 Å². The van der Waals surface area contributed by atoms with Gasteiger partial charge in [-0.2, -0.15) is 4.98 Å². The second-order valence-electron chi connectivity index (χ2n) is 4.05. The van der Waals surface area contributed by atoms with E-state index in [1.807, 2.05) is 13.8 Å². The Labute approximate surface area is 116 Å². The van der Waals surface area contributed by atoms with Gasteiger partial charge in [0.2, 0.25) is 5.82 Å². The standard InChI is InChI=1S/C13H16ClN3O2/c1-3-11(18-4-2)12-16-13(19-17-12)9-7-8(15)5-6-10(9)14/h5-7,11H,3-4,15H2,1-2H3. The van der Waals surface area contributed by atoms with Gasteiger partial charge >= 0.3 is 0 Å². The summed E-state index contributed by atoms with van der Waals surface area (Å²) in [5, 5.41) is 4.46. The summed E-state index contributed by atoms with van der Waals surface area (Å²) in [6.07, 6.45) is 0.611. The summed E-state index contributed by atoms with van der Waals surface area (Å²) in [7, 11) is 0. The predicted octanol–water partition coefficient (Wildman–Crippen LogP) is 3.46. The highest BCUT2D eigenvalue weighted by Crippen LogP contribution is 2.30. The van der Waals surface area contributed by atoms with Crippen LogP contribution in [0.4, 0.5) is 5.69 Å². The minimum atomic E-state index is -0.165. The lowest BCUT2D eigenvalue weighted by Gasteiger charge is -2.09. The molecule has 0 amide bonds. The van der Waals surface area contributed by atoms with E-state index >= 15 is 0 Å². The van der Waals surface area contributed by atoms with Crippen LogP contribution < -0.4 is 5.73 Å². The molecular formula is C13H16ClN3O2. The smallest absolute Gasteiger partial charge is 0.259 e. The first-order valence-corrected chi connectivity index (χ1v) is 6.54. The molecular weight excluding hydrogens is 266 g/mol. The number of anilines is 1. The van der Waals surface area contributed by atoms with Gasteiger partial charge in [-0.1, -0.05) is 23.7 Å². The molecule has 0 saturated heterocycles. The summed E-state index contributed by atoms with van der Waals surface area (Å²) in [5.41, 5.74) is 6.96. The molecule has 19 heavy (non-hydrogen) atoms. The lowest BCUT2D eigenvalue weighted by Crippen LogP contribution is -2.04. The molecule has 2 N–H and O–H groups in total. The molecule has 1 atom stereocenters. The molecule has 2 rings (SSSR count). The molecule has 0 spiro atoms. The van der Waals surface area contributed by atoms with Gasteiger partial charge in [0.25, 0.3) is 5.89 Å². The average Bonchev–Trinajstić information content (AvgIpc) is 2.88. The molecule has 1 heterocycles. The fourth-order valence-electron chi connectivity index (χ4n) is 1.76. The Morgan fingerprint density at radius 1 is 1.42 bits per heavy atom. The fraction of sp³-hybridized carbons (Fsp3) is 0.385. The van der Waals surface area contributed by atoms with Crippen molar-refractivity contribution in [2.75, 3.05) is 12.3 Å². The fourth-order valence-corrected chi connectivity index (χ4v) is 1.96. The van der Waals surface area contributed by atoms with Gasteiger partial charge in [0.1, 0.15) is 6.10 Å². The van der Waals surface area contributed by atoms with Crippen molar-refractivity contribution in [1.29, 1.82) is 0 Å². The number of benzene rings is 1. The van der Waals surface area contributed by atoms with Crippen LogP contribution in [-0.2, 0) is 4.74 Å². The number of nitrogens with two attached hydrogens (primary N) is 1. The van der Waals surface area contributed by atoms with Crippen molar-refractivity contribution in [3.8, 4) is 11.5 Å². The van der Waals surface area contributed by atoms with E-state index in [1.165, 1.54) is 0 Å². The van der Waals surface area contributed by atoms with E-state index in [1.54, 1.807) is 18.2 Å². The maximum Gasteiger partial charge on any atom is 0.259 e. The first kappa shape index (κ1) is 13.8. The molecule has 0 aliphatic carbocycles. The summed E-state index contributed by atoms with van der Waals surface area (Å²) < 4.78 is 10.8. The van der Waals surface area contributed by atoms with Crippen LogP contribution in [0.25, 0.3) is 11.5 Å². The predicted molar refractivity (Wildman–Crippen MR) is 73.8 cm³/mol. The van der Waals surface area contributed by atoms with E-state index in [-0.39, 0.29) is 6.10 Å². The summed E-state index contributed by atoms with van der Waals surface area (Å²) >= 11 is 6.10. The Hall–Kier alpha value is -1.59. The zero-order valence-electron chi connectivity index (χ0n) is 10.9. The molecule has 1 aromatic heterocycles. The van der Waals surface area contributed by atoms with Gasteiger partial charge in [-0.3, -0.25) is 0 Å². The summed E-state index contributed by atoms with van der Waals surface area (Å²) in [6, 6.07) is 5.13.